The van der Waals surface area contributed by atoms with Gasteiger partial charge in [0.1, 0.15) is 17.7 Å². The molecular weight excluding hydrogens is 500 g/mol. The minimum atomic E-state index is -3.59. The zero-order valence-electron chi connectivity index (χ0n) is 18.9. The van der Waals surface area contributed by atoms with Crippen LogP contribution in [-0.2, 0) is 14.6 Å². The molecule has 11 heteroatoms. The summed E-state index contributed by atoms with van der Waals surface area (Å²) in [5.74, 6) is -2.58. The summed E-state index contributed by atoms with van der Waals surface area (Å²) in [5, 5.41) is 2.50. The first kappa shape index (κ1) is 23.9. The first-order valence-corrected chi connectivity index (χ1v) is 13.4. The Kier molecular flexibility index (Phi) is 5.71. The molecule has 3 atom stereocenters. The third-order valence-corrected chi connectivity index (χ3v) is 8.25. The number of benzene rings is 1. The van der Waals surface area contributed by atoms with Gasteiger partial charge >= 0.3 is 0 Å². The second-order valence-corrected chi connectivity index (χ2v) is 11.8. The van der Waals surface area contributed by atoms with Gasteiger partial charge in [0.2, 0.25) is 5.91 Å². The third kappa shape index (κ3) is 4.33. The minimum absolute atomic E-state index is 0.0178. The van der Waals surface area contributed by atoms with Crippen LogP contribution in [0.25, 0.3) is 0 Å². The number of amides is 2. The Hall–Kier alpha value is -2.85. The summed E-state index contributed by atoms with van der Waals surface area (Å²) in [6, 6.07) is 1.52. The Balaban J connectivity index is 1.43. The maximum atomic E-state index is 14.6. The smallest absolute Gasteiger partial charge is 0.260 e. The number of carbonyl (C=O) groups excluding carboxylic acids is 2. The van der Waals surface area contributed by atoms with Crippen LogP contribution >= 0.6 is 11.6 Å². The molecule has 2 fully saturated rings. The third-order valence-electron chi connectivity index (χ3n) is 6.88. The molecule has 2 aliphatic carbocycles. The number of nitrogens with one attached hydrogen (secondary N) is 1. The van der Waals surface area contributed by atoms with Gasteiger partial charge in [-0.3, -0.25) is 19.5 Å². The van der Waals surface area contributed by atoms with Gasteiger partial charge in [0, 0.05) is 35.8 Å². The molecule has 1 saturated carbocycles. The second-order valence-electron chi connectivity index (χ2n) is 9.34. The molecule has 0 bridgehead atoms. The summed E-state index contributed by atoms with van der Waals surface area (Å²) in [7, 11) is -3.59. The zero-order valence-corrected chi connectivity index (χ0v) is 20.5. The lowest BCUT2D eigenvalue weighted by Gasteiger charge is -2.28. The molecule has 2 heterocycles. The Morgan fingerprint density at radius 2 is 1.89 bits per heavy atom. The van der Waals surface area contributed by atoms with E-state index in [0.29, 0.717) is 6.42 Å². The number of hydrogen-bond donors (Lipinski definition) is 1. The highest BCUT2D eigenvalue weighted by Gasteiger charge is 2.53. The van der Waals surface area contributed by atoms with E-state index in [0.717, 1.165) is 48.7 Å². The normalized spacial score (nSPS) is 22.1. The molecule has 0 unspecified atom stereocenters. The fraction of sp³-hybridized carbons (Fsp3) is 0.375. The van der Waals surface area contributed by atoms with Crippen molar-refractivity contribution in [2.75, 3.05) is 6.26 Å². The Labute approximate surface area is 206 Å². The number of rotatable bonds is 6. The number of sulfone groups is 1. The molecule has 1 aliphatic heterocycles. The van der Waals surface area contributed by atoms with Crippen molar-refractivity contribution in [1.82, 2.24) is 15.2 Å². The molecule has 184 valence electrons. The molecular formula is C24H22ClF2N3O4S. The van der Waals surface area contributed by atoms with Crippen molar-refractivity contribution < 1.29 is 26.8 Å². The number of carbonyl (C=O) groups is 2. The monoisotopic (exact) mass is 521 g/mol. The number of aromatic nitrogens is 1. The molecule has 1 saturated heterocycles. The van der Waals surface area contributed by atoms with Crippen molar-refractivity contribution in [1.29, 1.82) is 0 Å². The van der Waals surface area contributed by atoms with Crippen LogP contribution in [0.15, 0.2) is 46.8 Å². The van der Waals surface area contributed by atoms with Crippen molar-refractivity contribution in [2.45, 2.75) is 43.2 Å². The van der Waals surface area contributed by atoms with E-state index in [1.165, 1.54) is 17.2 Å². The van der Waals surface area contributed by atoms with Gasteiger partial charge in [0.05, 0.1) is 21.5 Å². The van der Waals surface area contributed by atoms with E-state index in [1.807, 2.05) is 6.92 Å². The number of halogens is 3. The number of allylic oxidation sites excluding steroid dienone is 2. The van der Waals surface area contributed by atoms with Crippen LogP contribution in [0.2, 0.25) is 5.02 Å². The molecule has 7 nitrogen and oxygen atoms in total. The summed E-state index contributed by atoms with van der Waals surface area (Å²) >= 11 is 5.69. The molecule has 2 amide bonds. The van der Waals surface area contributed by atoms with Crippen molar-refractivity contribution in [2.24, 2.45) is 11.8 Å². The number of fused-ring (bicyclic) bond motifs is 1. The van der Waals surface area contributed by atoms with Crippen molar-refractivity contribution >= 4 is 33.3 Å². The highest BCUT2D eigenvalue weighted by atomic mass is 35.5. The number of pyridine rings is 1. The molecule has 2 aromatic rings. The largest absolute Gasteiger partial charge is 0.347 e. The number of nitrogens with zero attached hydrogens (tertiary/aromatic N) is 2. The van der Waals surface area contributed by atoms with Gasteiger partial charge in [0.25, 0.3) is 5.91 Å². The molecule has 0 radical (unpaired) electrons. The highest BCUT2D eigenvalue weighted by molar-refractivity contribution is 7.90. The van der Waals surface area contributed by atoms with Crippen LogP contribution < -0.4 is 5.32 Å². The molecule has 3 aliphatic rings. The predicted octanol–water partition coefficient (Wildman–Crippen LogP) is 3.80. The van der Waals surface area contributed by atoms with E-state index in [2.05, 4.69) is 10.3 Å². The quantitative estimate of drug-likeness (QED) is 0.583. The average molecular weight is 522 g/mol. The lowest BCUT2D eigenvalue weighted by molar-refractivity contribution is -0.125. The lowest BCUT2D eigenvalue weighted by Crippen LogP contribution is -2.47. The molecule has 1 N–H and O–H groups in total. The van der Waals surface area contributed by atoms with E-state index in [-0.39, 0.29) is 32.9 Å². The first-order chi connectivity index (χ1) is 16.5. The maximum Gasteiger partial charge on any atom is 0.260 e. The Morgan fingerprint density at radius 1 is 1.17 bits per heavy atom. The molecule has 35 heavy (non-hydrogen) atoms. The van der Waals surface area contributed by atoms with E-state index >= 15 is 0 Å². The SMILES string of the molecule is CC1=C2[C@@H]1C[C@H](C(=O)N[C@@H](c1cc(F)c(Cl)cc1F)C1CC1)N2C(=O)c1cncc(S(C)(=O)=O)c1. The first-order valence-electron chi connectivity index (χ1n) is 11.1. The highest BCUT2D eigenvalue weighted by Crippen LogP contribution is 2.53. The topological polar surface area (TPSA) is 96.4 Å². The second kappa shape index (κ2) is 8.37. The van der Waals surface area contributed by atoms with E-state index < -0.39 is 45.4 Å². The van der Waals surface area contributed by atoms with E-state index in [9.17, 15) is 26.8 Å². The van der Waals surface area contributed by atoms with Crippen LogP contribution in [0, 0.1) is 23.5 Å². The fourth-order valence-electron chi connectivity index (χ4n) is 4.78. The molecule has 1 aromatic heterocycles. The summed E-state index contributed by atoms with van der Waals surface area (Å²) < 4.78 is 52.6. The standard InChI is InChI=1S/C24H22ClF2N3O4S/c1-11-15-7-20(30(22(11)15)24(32)13-5-14(10-28-9-13)35(2,33)34)23(31)29-21(12-3-4-12)16-6-19(27)17(25)8-18(16)26/h5-6,8-10,12,15,20-21H,3-4,7H2,1-2H3,(H,29,31)/t15-,20-,21-/m1/s1. The molecule has 1 aromatic carbocycles. The fourth-order valence-corrected chi connectivity index (χ4v) is 5.52. The summed E-state index contributed by atoms with van der Waals surface area (Å²) in [6.07, 6.45) is 5.30. The van der Waals surface area contributed by atoms with Crippen molar-refractivity contribution in [3.63, 3.8) is 0 Å². The van der Waals surface area contributed by atoms with Gasteiger partial charge in [-0.15, -0.1) is 0 Å². The van der Waals surface area contributed by atoms with Gasteiger partial charge in [-0.1, -0.05) is 11.6 Å². The van der Waals surface area contributed by atoms with E-state index in [4.69, 9.17) is 11.6 Å². The van der Waals surface area contributed by atoms with Crippen LogP contribution in [0.4, 0.5) is 8.78 Å². The van der Waals surface area contributed by atoms with Crippen molar-refractivity contribution in [3.8, 4) is 0 Å². The lowest BCUT2D eigenvalue weighted by atomic mass is 10.00. The maximum absolute atomic E-state index is 14.6. The van der Waals surface area contributed by atoms with Crippen LogP contribution in [0.1, 0.15) is 48.1 Å². The van der Waals surface area contributed by atoms with Gasteiger partial charge in [-0.2, -0.15) is 0 Å². The minimum Gasteiger partial charge on any atom is -0.347 e. The van der Waals surface area contributed by atoms with Crippen molar-refractivity contribution in [3.05, 3.63) is 69.6 Å². The van der Waals surface area contributed by atoms with Gasteiger partial charge in [-0.25, -0.2) is 17.2 Å². The van der Waals surface area contributed by atoms with Gasteiger partial charge < -0.3 is 5.32 Å². The van der Waals surface area contributed by atoms with Gasteiger partial charge in [-0.05, 0) is 55.9 Å². The molecule has 0 spiro atoms. The Bertz CT molecular complexity index is 1410. The Morgan fingerprint density at radius 3 is 2.54 bits per heavy atom. The van der Waals surface area contributed by atoms with Crippen LogP contribution in [0.3, 0.4) is 0 Å². The number of hydrogen-bond acceptors (Lipinski definition) is 5. The van der Waals surface area contributed by atoms with Crippen LogP contribution in [0.5, 0.6) is 0 Å². The zero-order chi connectivity index (χ0) is 25.2. The number of likely N-dealkylation sites (tertiary alicyclic amines) is 1. The summed E-state index contributed by atoms with van der Waals surface area (Å²) in [6.45, 7) is 1.87. The predicted molar refractivity (Wildman–Crippen MR) is 123 cm³/mol. The molecule has 5 rings (SSSR count). The average Bonchev–Trinajstić information content (AvgIpc) is 3.70. The van der Waals surface area contributed by atoms with E-state index in [1.54, 1.807) is 0 Å². The van der Waals surface area contributed by atoms with Gasteiger partial charge in [0.15, 0.2) is 9.84 Å². The summed E-state index contributed by atoms with van der Waals surface area (Å²) in [4.78, 5) is 32.0. The van der Waals surface area contributed by atoms with Crippen LogP contribution in [-0.4, -0.2) is 42.4 Å². The summed E-state index contributed by atoms with van der Waals surface area (Å²) in [5.41, 5.74) is 1.78.